The van der Waals surface area contributed by atoms with Crippen molar-refractivity contribution in [2.75, 3.05) is 25.5 Å². The minimum Gasteiger partial charge on any atom is -0.363 e. The third kappa shape index (κ3) is 1.31. The first-order valence-electron chi connectivity index (χ1n) is 4.63. The monoisotopic (exact) mass is 180 g/mol. The first kappa shape index (κ1) is 8.56. The highest BCUT2D eigenvalue weighted by molar-refractivity contribution is 5.50. The van der Waals surface area contributed by atoms with Crippen molar-refractivity contribution in [3.8, 4) is 0 Å². The molecule has 13 heavy (non-hydrogen) atoms. The Labute approximate surface area is 78.5 Å². The molecule has 72 valence electrons. The Kier molecular flexibility index (Phi) is 2.00. The van der Waals surface area contributed by atoms with Crippen LogP contribution in [0.1, 0.15) is 11.3 Å². The number of aryl methyl sites for hydroxylation is 1. The Balaban J connectivity index is 2.48. The smallest absolute Gasteiger partial charge is 0.129 e. The predicted octanol–water partition coefficient (Wildman–Crippen LogP) is 0.132. The van der Waals surface area contributed by atoms with E-state index >= 15 is 0 Å². The molecule has 0 fully saturated rings. The third-order valence-corrected chi connectivity index (χ3v) is 2.46. The van der Waals surface area contributed by atoms with E-state index in [1.165, 1.54) is 17.1 Å². The van der Waals surface area contributed by atoms with Crippen LogP contribution in [-0.4, -0.2) is 30.4 Å². The molecule has 0 unspecified atom stereocenters. The molecule has 1 N–H and O–H groups in total. The Bertz CT molecular complexity index is 314. The fraction of sp³-hybridized carbons (Fsp3) is 0.667. The van der Waals surface area contributed by atoms with Gasteiger partial charge in [0.05, 0.1) is 5.69 Å². The van der Waals surface area contributed by atoms with Crippen LogP contribution in [0.4, 0.5) is 5.82 Å². The lowest BCUT2D eigenvalue weighted by Crippen LogP contribution is -2.24. The minimum absolute atomic E-state index is 0.914. The maximum atomic E-state index is 4.48. The van der Waals surface area contributed by atoms with Crippen LogP contribution in [0, 0.1) is 0 Å². The van der Waals surface area contributed by atoms with Crippen LogP contribution < -0.4 is 10.2 Å². The van der Waals surface area contributed by atoms with Crippen LogP contribution in [-0.2, 0) is 20.0 Å². The quantitative estimate of drug-likeness (QED) is 0.667. The number of nitrogens with zero attached hydrogens (tertiary/aromatic N) is 3. The van der Waals surface area contributed by atoms with Gasteiger partial charge in [-0.25, -0.2) is 0 Å². The van der Waals surface area contributed by atoms with Crippen molar-refractivity contribution in [3.63, 3.8) is 0 Å². The maximum Gasteiger partial charge on any atom is 0.129 e. The van der Waals surface area contributed by atoms with Gasteiger partial charge in [-0.1, -0.05) is 0 Å². The minimum atomic E-state index is 0.914. The molecule has 0 amide bonds. The molecule has 0 saturated heterocycles. The molecule has 1 aromatic heterocycles. The van der Waals surface area contributed by atoms with Crippen molar-refractivity contribution >= 4 is 5.82 Å². The SMILES string of the molecule is CN(C)c1c2c(nn1C)CNCC2. The van der Waals surface area contributed by atoms with Gasteiger partial charge in [0.25, 0.3) is 0 Å². The zero-order chi connectivity index (χ0) is 9.42. The van der Waals surface area contributed by atoms with Gasteiger partial charge in [0.1, 0.15) is 5.82 Å². The highest BCUT2D eigenvalue weighted by atomic mass is 15.4. The van der Waals surface area contributed by atoms with Gasteiger partial charge >= 0.3 is 0 Å². The summed E-state index contributed by atoms with van der Waals surface area (Å²) >= 11 is 0. The molecular formula is C9H16N4. The number of nitrogens with one attached hydrogen (secondary N) is 1. The summed E-state index contributed by atoms with van der Waals surface area (Å²) in [5.41, 5.74) is 2.61. The topological polar surface area (TPSA) is 33.1 Å². The molecule has 1 aromatic rings. The van der Waals surface area contributed by atoms with Crippen molar-refractivity contribution < 1.29 is 0 Å². The largest absolute Gasteiger partial charge is 0.363 e. The van der Waals surface area contributed by atoms with E-state index in [1.807, 2.05) is 11.7 Å². The summed E-state index contributed by atoms with van der Waals surface area (Å²) in [6.45, 7) is 1.98. The lowest BCUT2D eigenvalue weighted by molar-refractivity contribution is 0.625. The summed E-state index contributed by atoms with van der Waals surface area (Å²) in [6, 6.07) is 0. The fourth-order valence-electron chi connectivity index (χ4n) is 1.99. The lowest BCUT2D eigenvalue weighted by Gasteiger charge is -2.17. The zero-order valence-electron chi connectivity index (χ0n) is 8.46. The van der Waals surface area contributed by atoms with Gasteiger partial charge in [0.15, 0.2) is 0 Å². The number of hydrogen-bond acceptors (Lipinski definition) is 3. The third-order valence-electron chi connectivity index (χ3n) is 2.46. The standard InChI is InChI=1S/C9H16N4/c1-12(2)9-7-4-5-10-6-8(7)11-13(9)3/h10H,4-6H2,1-3H3. The second-order valence-electron chi connectivity index (χ2n) is 3.69. The molecule has 1 aliphatic rings. The van der Waals surface area contributed by atoms with Gasteiger partial charge in [-0.3, -0.25) is 4.68 Å². The van der Waals surface area contributed by atoms with Crippen molar-refractivity contribution in [2.24, 2.45) is 7.05 Å². The summed E-state index contributed by atoms with van der Waals surface area (Å²) < 4.78 is 1.97. The molecule has 4 heteroatoms. The Morgan fingerprint density at radius 1 is 1.46 bits per heavy atom. The van der Waals surface area contributed by atoms with Crippen LogP contribution in [0.2, 0.25) is 0 Å². The second-order valence-corrected chi connectivity index (χ2v) is 3.69. The number of fused-ring (bicyclic) bond motifs is 1. The van der Waals surface area contributed by atoms with Crippen molar-refractivity contribution in [1.82, 2.24) is 15.1 Å². The first-order valence-corrected chi connectivity index (χ1v) is 4.63. The molecular weight excluding hydrogens is 164 g/mol. The fourth-order valence-corrected chi connectivity index (χ4v) is 1.99. The van der Waals surface area contributed by atoms with E-state index in [9.17, 15) is 0 Å². The van der Waals surface area contributed by atoms with E-state index in [1.54, 1.807) is 0 Å². The van der Waals surface area contributed by atoms with Crippen LogP contribution in [0.5, 0.6) is 0 Å². The van der Waals surface area contributed by atoms with Gasteiger partial charge < -0.3 is 10.2 Å². The Hall–Kier alpha value is -1.03. The van der Waals surface area contributed by atoms with Crippen molar-refractivity contribution in [1.29, 1.82) is 0 Å². The zero-order valence-corrected chi connectivity index (χ0v) is 8.46. The summed E-state index contributed by atoms with van der Waals surface area (Å²) in [4.78, 5) is 2.14. The average molecular weight is 180 g/mol. The number of hydrogen-bond donors (Lipinski definition) is 1. The van der Waals surface area contributed by atoms with Gasteiger partial charge in [-0.15, -0.1) is 0 Å². The molecule has 0 bridgehead atoms. The average Bonchev–Trinajstić information content (AvgIpc) is 2.39. The second kappa shape index (κ2) is 3.03. The molecule has 1 aliphatic heterocycles. The highest BCUT2D eigenvalue weighted by Gasteiger charge is 2.19. The van der Waals surface area contributed by atoms with Crippen LogP contribution in [0.15, 0.2) is 0 Å². The van der Waals surface area contributed by atoms with E-state index in [-0.39, 0.29) is 0 Å². The number of rotatable bonds is 1. The summed E-state index contributed by atoms with van der Waals surface area (Å²) in [5, 5.41) is 7.81. The summed E-state index contributed by atoms with van der Waals surface area (Å²) in [6.07, 6.45) is 1.09. The maximum absolute atomic E-state index is 4.48. The highest BCUT2D eigenvalue weighted by Crippen LogP contribution is 2.23. The summed E-state index contributed by atoms with van der Waals surface area (Å²) in [5.74, 6) is 1.25. The van der Waals surface area contributed by atoms with Gasteiger partial charge in [-0.05, 0) is 13.0 Å². The van der Waals surface area contributed by atoms with Gasteiger partial charge in [0, 0.05) is 33.3 Å². The lowest BCUT2D eigenvalue weighted by atomic mass is 10.1. The molecule has 0 aliphatic carbocycles. The van der Waals surface area contributed by atoms with Crippen LogP contribution >= 0.6 is 0 Å². The summed E-state index contributed by atoms with van der Waals surface area (Å²) in [7, 11) is 6.15. The molecule has 0 radical (unpaired) electrons. The number of aromatic nitrogens is 2. The molecule has 0 aromatic carbocycles. The van der Waals surface area contributed by atoms with E-state index in [0.717, 1.165) is 19.5 Å². The first-order chi connectivity index (χ1) is 6.20. The van der Waals surface area contributed by atoms with Crippen LogP contribution in [0.3, 0.4) is 0 Å². The molecule has 0 atom stereocenters. The molecule has 4 nitrogen and oxygen atoms in total. The Morgan fingerprint density at radius 3 is 2.92 bits per heavy atom. The van der Waals surface area contributed by atoms with Crippen LogP contribution in [0.25, 0.3) is 0 Å². The van der Waals surface area contributed by atoms with Crippen molar-refractivity contribution in [2.45, 2.75) is 13.0 Å². The van der Waals surface area contributed by atoms with E-state index in [2.05, 4.69) is 29.4 Å². The number of anilines is 1. The van der Waals surface area contributed by atoms with Gasteiger partial charge in [0.2, 0.25) is 0 Å². The van der Waals surface area contributed by atoms with Crippen molar-refractivity contribution in [3.05, 3.63) is 11.3 Å². The molecule has 0 saturated carbocycles. The predicted molar refractivity (Wildman–Crippen MR) is 52.9 cm³/mol. The van der Waals surface area contributed by atoms with E-state index in [0.29, 0.717) is 0 Å². The molecule has 0 spiro atoms. The Morgan fingerprint density at radius 2 is 2.23 bits per heavy atom. The molecule has 2 heterocycles. The van der Waals surface area contributed by atoms with E-state index in [4.69, 9.17) is 0 Å². The molecule has 2 rings (SSSR count). The van der Waals surface area contributed by atoms with E-state index < -0.39 is 0 Å². The van der Waals surface area contributed by atoms with Gasteiger partial charge in [-0.2, -0.15) is 5.10 Å². The normalized spacial score (nSPS) is 15.6.